The van der Waals surface area contributed by atoms with Crippen molar-refractivity contribution in [2.45, 2.75) is 24.8 Å². The maximum absolute atomic E-state index is 13.3. The van der Waals surface area contributed by atoms with Crippen LogP contribution in [0.2, 0.25) is 0 Å². The van der Waals surface area contributed by atoms with Crippen molar-refractivity contribution in [3.8, 4) is 5.75 Å². The molecule has 1 aromatic rings. The van der Waals surface area contributed by atoms with E-state index in [0.717, 1.165) is 12.1 Å². The van der Waals surface area contributed by atoms with E-state index in [-0.39, 0.29) is 11.9 Å². The van der Waals surface area contributed by atoms with E-state index in [4.69, 9.17) is 4.74 Å². The number of hydrogen-bond acceptors (Lipinski definition) is 1. The minimum atomic E-state index is -3.60. The van der Waals surface area contributed by atoms with Gasteiger partial charge in [0.25, 0.3) is 0 Å². The van der Waals surface area contributed by atoms with Gasteiger partial charge in [0.15, 0.2) is 11.6 Å². The van der Waals surface area contributed by atoms with E-state index in [1.165, 1.54) is 0 Å². The van der Waals surface area contributed by atoms with Gasteiger partial charge in [0, 0.05) is 0 Å². The molecular weight excluding hydrogens is 292 g/mol. The van der Waals surface area contributed by atoms with Gasteiger partial charge in [-0.1, -0.05) is 0 Å². The van der Waals surface area contributed by atoms with Crippen molar-refractivity contribution in [1.82, 2.24) is 0 Å². The van der Waals surface area contributed by atoms with Gasteiger partial charge in [-0.2, -0.15) is 13.2 Å². The number of hydrogen-bond donors (Lipinski definition) is 0. The molecule has 0 aromatic heterocycles. The van der Waals surface area contributed by atoms with Crippen LogP contribution in [0.4, 0.5) is 17.6 Å². The van der Waals surface area contributed by atoms with Gasteiger partial charge in [0.2, 0.25) is 5.82 Å². The smallest absolute Gasteiger partial charge is 0.329 e. The van der Waals surface area contributed by atoms with Crippen molar-refractivity contribution < 1.29 is 22.3 Å². The molecule has 0 N–H and O–H groups in total. The van der Waals surface area contributed by atoms with Crippen molar-refractivity contribution in [3.63, 3.8) is 0 Å². The molecule has 1 rings (SSSR count). The molecule has 1 aromatic carbocycles. The van der Waals surface area contributed by atoms with Crippen LogP contribution in [0.25, 0.3) is 0 Å². The molecule has 0 heterocycles. The normalized spacial score (nSPS) is 12.0. The number of ether oxygens (including phenoxy) is 1. The van der Waals surface area contributed by atoms with Gasteiger partial charge < -0.3 is 4.74 Å². The van der Waals surface area contributed by atoms with Crippen LogP contribution >= 0.6 is 15.9 Å². The Morgan fingerprint density at radius 3 is 2.19 bits per heavy atom. The molecule has 1 nitrogen and oxygen atoms in total. The fourth-order valence-corrected chi connectivity index (χ4v) is 1.40. The highest BCUT2D eigenvalue weighted by Gasteiger charge is 2.33. The van der Waals surface area contributed by atoms with Crippen LogP contribution in [-0.4, -0.2) is 6.10 Å². The van der Waals surface area contributed by atoms with E-state index in [1.54, 1.807) is 13.8 Å². The molecule has 0 unspecified atom stereocenters. The van der Waals surface area contributed by atoms with Crippen LogP contribution in [0, 0.1) is 11.6 Å². The summed E-state index contributed by atoms with van der Waals surface area (Å²) in [7, 11) is 0. The highest BCUT2D eigenvalue weighted by molar-refractivity contribution is 9.09. The van der Waals surface area contributed by atoms with E-state index >= 15 is 0 Å². The first-order chi connectivity index (χ1) is 7.23. The van der Waals surface area contributed by atoms with Crippen LogP contribution in [0.5, 0.6) is 5.75 Å². The Labute approximate surface area is 98.5 Å². The second-order valence-corrected chi connectivity index (χ2v) is 4.40. The van der Waals surface area contributed by atoms with Gasteiger partial charge in [-0.3, -0.25) is 0 Å². The standard InChI is InChI=1S/C10H9BrF4O/c1-5(2)16-7-4-3-6(10(11,14)15)8(12)9(7)13/h3-5H,1-2H3. The Kier molecular flexibility index (Phi) is 3.83. The molecule has 90 valence electrons. The summed E-state index contributed by atoms with van der Waals surface area (Å²) in [5.74, 6) is -3.40. The van der Waals surface area contributed by atoms with Crippen molar-refractivity contribution >= 4 is 15.9 Å². The van der Waals surface area contributed by atoms with Gasteiger partial charge in [0.1, 0.15) is 0 Å². The Balaban J connectivity index is 3.19. The average molecular weight is 301 g/mol. The molecule has 0 aliphatic carbocycles. The number of halogens is 5. The fourth-order valence-electron chi connectivity index (χ4n) is 1.10. The molecule has 0 bridgehead atoms. The highest BCUT2D eigenvalue weighted by Crippen LogP contribution is 2.38. The van der Waals surface area contributed by atoms with E-state index < -0.39 is 22.0 Å². The minimum Gasteiger partial charge on any atom is -0.488 e. The Morgan fingerprint density at radius 2 is 1.75 bits per heavy atom. The summed E-state index contributed by atoms with van der Waals surface area (Å²) in [6, 6.07) is 1.76. The van der Waals surface area contributed by atoms with Crippen LogP contribution in [0.1, 0.15) is 19.4 Å². The number of alkyl halides is 3. The first-order valence-electron chi connectivity index (χ1n) is 4.45. The van der Waals surface area contributed by atoms with Gasteiger partial charge >= 0.3 is 4.83 Å². The summed E-state index contributed by atoms with van der Waals surface area (Å²) < 4.78 is 57.0. The Bertz CT molecular complexity index is 387. The SMILES string of the molecule is CC(C)Oc1ccc(C(F)(F)Br)c(F)c1F. The zero-order valence-electron chi connectivity index (χ0n) is 8.53. The molecule has 0 spiro atoms. The summed E-state index contributed by atoms with van der Waals surface area (Å²) in [6.45, 7) is 3.23. The lowest BCUT2D eigenvalue weighted by molar-refractivity contribution is 0.108. The third-order valence-corrected chi connectivity index (χ3v) is 2.14. The van der Waals surface area contributed by atoms with E-state index in [1.807, 2.05) is 15.9 Å². The molecule has 16 heavy (non-hydrogen) atoms. The van der Waals surface area contributed by atoms with E-state index in [9.17, 15) is 17.6 Å². The molecule has 6 heteroatoms. The number of benzene rings is 1. The molecule has 0 fully saturated rings. The van der Waals surface area contributed by atoms with Crippen LogP contribution in [-0.2, 0) is 4.83 Å². The molecule has 0 aliphatic rings. The zero-order valence-corrected chi connectivity index (χ0v) is 10.1. The predicted octanol–water partition coefficient (Wildman–Crippen LogP) is 4.20. The van der Waals surface area contributed by atoms with Crippen LogP contribution < -0.4 is 4.74 Å². The highest BCUT2D eigenvalue weighted by atomic mass is 79.9. The average Bonchev–Trinajstić information content (AvgIpc) is 2.10. The molecule has 0 saturated carbocycles. The lowest BCUT2D eigenvalue weighted by Crippen LogP contribution is -2.11. The third kappa shape index (κ3) is 2.87. The molecule has 0 radical (unpaired) electrons. The second kappa shape index (κ2) is 4.61. The zero-order chi connectivity index (χ0) is 12.5. The second-order valence-electron chi connectivity index (χ2n) is 3.40. The fraction of sp³-hybridized carbons (Fsp3) is 0.400. The largest absolute Gasteiger partial charge is 0.488 e. The van der Waals surface area contributed by atoms with Gasteiger partial charge in [-0.25, -0.2) is 4.39 Å². The number of rotatable bonds is 3. The topological polar surface area (TPSA) is 9.23 Å². The molecular formula is C10H9BrF4O. The summed E-state index contributed by atoms with van der Waals surface area (Å²) in [6.07, 6.45) is -0.371. The molecule has 0 aliphatic heterocycles. The van der Waals surface area contributed by atoms with Gasteiger partial charge in [0.05, 0.1) is 11.7 Å². The van der Waals surface area contributed by atoms with E-state index in [2.05, 4.69) is 0 Å². The van der Waals surface area contributed by atoms with Crippen molar-refractivity contribution in [2.24, 2.45) is 0 Å². The maximum atomic E-state index is 13.3. The first kappa shape index (κ1) is 13.3. The third-order valence-electron chi connectivity index (χ3n) is 1.71. The first-order valence-corrected chi connectivity index (χ1v) is 5.24. The van der Waals surface area contributed by atoms with Crippen molar-refractivity contribution in [2.75, 3.05) is 0 Å². The van der Waals surface area contributed by atoms with Gasteiger partial charge in [-0.15, -0.1) is 0 Å². The molecule has 0 amide bonds. The Morgan fingerprint density at radius 1 is 1.19 bits per heavy atom. The predicted molar refractivity (Wildman–Crippen MR) is 54.9 cm³/mol. The lowest BCUT2D eigenvalue weighted by atomic mass is 10.2. The summed E-state index contributed by atoms with van der Waals surface area (Å²) >= 11 is 1.97. The van der Waals surface area contributed by atoms with Gasteiger partial charge in [-0.05, 0) is 41.9 Å². The summed E-state index contributed by atoms with van der Waals surface area (Å²) in [5, 5.41) is 0. The summed E-state index contributed by atoms with van der Waals surface area (Å²) in [4.78, 5) is -3.60. The van der Waals surface area contributed by atoms with Crippen molar-refractivity contribution in [1.29, 1.82) is 0 Å². The molecule has 0 saturated heterocycles. The van der Waals surface area contributed by atoms with Crippen LogP contribution in [0.3, 0.4) is 0 Å². The summed E-state index contributed by atoms with van der Waals surface area (Å²) in [5.41, 5.74) is -1.05. The maximum Gasteiger partial charge on any atom is 0.329 e. The van der Waals surface area contributed by atoms with Crippen LogP contribution in [0.15, 0.2) is 12.1 Å². The Hall–Kier alpha value is -0.780. The van der Waals surface area contributed by atoms with Crippen molar-refractivity contribution in [3.05, 3.63) is 29.3 Å². The lowest BCUT2D eigenvalue weighted by Gasteiger charge is -2.14. The minimum absolute atomic E-state index is 0.371. The monoisotopic (exact) mass is 300 g/mol. The molecule has 0 atom stereocenters. The van der Waals surface area contributed by atoms with E-state index in [0.29, 0.717) is 0 Å². The quantitative estimate of drug-likeness (QED) is 0.600.